The first kappa shape index (κ1) is 16.2. The molecule has 0 aromatic heterocycles. The number of carbonyl (C=O) groups is 1. The van der Waals surface area contributed by atoms with E-state index in [4.69, 9.17) is 14.2 Å². The van der Waals surface area contributed by atoms with Crippen molar-refractivity contribution in [1.82, 2.24) is 0 Å². The quantitative estimate of drug-likeness (QED) is 0.880. The van der Waals surface area contributed by atoms with Crippen molar-refractivity contribution in [3.05, 3.63) is 53.1 Å². The maximum absolute atomic E-state index is 11.4. The van der Waals surface area contributed by atoms with Crippen LogP contribution in [-0.2, 0) is 0 Å². The lowest BCUT2D eigenvalue weighted by molar-refractivity contribution is 0.0696. The molecule has 0 fully saturated rings. The summed E-state index contributed by atoms with van der Waals surface area (Å²) in [6.45, 7) is 0. The van der Waals surface area contributed by atoms with Gasteiger partial charge in [-0.3, -0.25) is 0 Å². The molecule has 0 spiro atoms. The summed E-state index contributed by atoms with van der Waals surface area (Å²) in [5.74, 6) is 6.21. The predicted molar refractivity (Wildman–Crippen MR) is 85.5 cm³/mol. The van der Waals surface area contributed by atoms with Crippen molar-refractivity contribution in [2.75, 3.05) is 21.3 Å². The van der Waals surface area contributed by atoms with Crippen LogP contribution in [0.3, 0.4) is 0 Å². The third kappa shape index (κ3) is 3.38. The Labute approximate surface area is 134 Å². The number of hydrogen-bond acceptors (Lipinski definition) is 4. The molecule has 1 N–H and O–H groups in total. The van der Waals surface area contributed by atoms with E-state index in [9.17, 15) is 9.90 Å². The number of benzene rings is 2. The van der Waals surface area contributed by atoms with Crippen LogP contribution in [0.25, 0.3) is 0 Å². The normalized spacial score (nSPS) is 9.52. The van der Waals surface area contributed by atoms with E-state index in [1.165, 1.54) is 27.4 Å². The molecule has 5 nitrogen and oxygen atoms in total. The summed E-state index contributed by atoms with van der Waals surface area (Å²) < 4.78 is 15.8. The van der Waals surface area contributed by atoms with Gasteiger partial charge in [0, 0.05) is 0 Å². The van der Waals surface area contributed by atoms with Gasteiger partial charge in [0.1, 0.15) is 22.8 Å². The molecule has 23 heavy (non-hydrogen) atoms. The average Bonchev–Trinajstić information content (AvgIpc) is 2.58. The Hall–Kier alpha value is -3.13. The zero-order chi connectivity index (χ0) is 16.8. The van der Waals surface area contributed by atoms with E-state index in [0.717, 1.165) is 0 Å². The zero-order valence-electron chi connectivity index (χ0n) is 13.0. The van der Waals surface area contributed by atoms with Crippen LogP contribution in [0.15, 0.2) is 36.4 Å². The van der Waals surface area contributed by atoms with Crippen molar-refractivity contribution in [3.63, 3.8) is 0 Å². The summed E-state index contributed by atoms with van der Waals surface area (Å²) in [5, 5.41) is 9.31. The van der Waals surface area contributed by atoms with Gasteiger partial charge in [0.25, 0.3) is 0 Å². The molecule has 0 bridgehead atoms. The van der Waals surface area contributed by atoms with Gasteiger partial charge in [-0.2, -0.15) is 0 Å². The summed E-state index contributed by atoms with van der Waals surface area (Å²) in [6.07, 6.45) is 0. The van der Waals surface area contributed by atoms with Crippen LogP contribution in [-0.4, -0.2) is 32.4 Å². The number of rotatable bonds is 4. The maximum atomic E-state index is 11.4. The van der Waals surface area contributed by atoms with Crippen molar-refractivity contribution in [1.29, 1.82) is 0 Å². The summed E-state index contributed by atoms with van der Waals surface area (Å²) >= 11 is 0. The van der Waals surface area contributed by atoms with Gasteiger partial charge in [0.05, 0.1) is 32.5 Å². The van der Waals surface area contributed by atoms with Crippen LogP contribution < -0.4 is 14.2 Å². The molecule has 2 aromatic carbocycles. The van der Waals surface area contributed by atoms with Gasteiger partial charge in [0.2, 0.25) is 0 Å². The maximum Gasteiger partial charge on any atom is 0.337 e. The molecule has 0 aliphatic heterocycles. The van der Waals surface area contributed by atoms with E-state index in [2.05, 4.69) is 11.8 Å². The van der Waals surface area contributed by atoms with E-state index in [0.29, 0.717) is 28.4 Å². The first-order valence-corrected chi connectivity index (χ1v) is 6.75. The number of ether oxygens (including phenoxy) is 3. The SMILES string of the molecule is COc1cccc(OC)c1C#Cc1c(OC)cccc1C(=O)O. The number of carboxylic acid groups (broad SMARTS) is 1. The Bertz CT molecular complexity index is 761. The third-order valence-electron chi connectivity index (χ3n) is 3.22. The highest BCUT2D eigenvalue weighted by Gasteiger charge is 2.13. The van der Waals surface area contributed by atoms with Crippen LogP contribution in [0, 0.1) is 11.8 Å². The second-order valence-electron chi connectivity index (χ2n) is 4.48. The first-order valence-electron chi connectivity index (χ1n) is 6.75. The van der Waals surface area contributed by atoms with Gasteiger partial charge < -0.3 is 19.3 Å². The Balaban J connectivity index is 2.62. The molecule has 0 saturated heterocycles. The first-order chi connectivity index (χ1) is 11.1. The lowest BCUT2D eigenvalue weighted by Crippen LogP contribution is -2.02. The smallest absolute Gasteiger partial charge is 0.337 e. The van der Waals surface area contributed by atoms with Crippen molar-refractivity contribution in [3.8, 4) is 29.1 Å². The number of aromatic carboxylic acids is 1. The molecule has 0 amide bonds. The number of methoxy groups -OCH3 is 3. The Morgan fingerprint density at radius 2 is 1.26 bits per heavy atom. The van der Waals surface area contributed by atoms with Crippen molar-refractivity contribution in [2.24, 2.45) is 0 Å². The van der Waals surface area contributed by atoms with E-state index in [-0.39, 0.29) is 5.56 Å². The van der Waals surface area contributed by atoms with Crippen LogP contribution in [0.4, 0.5) is 0 Å². The van der Waals surface area contributed by atoms with Gasteiger partial charge in [-0.1, -0.05) is 24.0 Å². The molecule has 0 atom stereocenters. The minimum Gasteiger partial charge on any atom is -0.495 e. The summed E-state index contributed by atoms with van der Waals surface area (Å²) in [6, 6.07) is 10.1. The third-order valence-corrected chi connectivity index (χ3v) is 3.22. The Morgan fingerprint density at radius 3 is 1.74 bits per heavy atom. The van der Waals surface area contributed by atoms with Crippen LogP contribution in [0.1, 0.15) is 21.5 Å². The van der Waals surface area contributed by atoms with Crippen molar-refractivity contribution < 1.29 is 24.1 Å². The van der Waals surface area contributed by atoms with Crippen LogP contribution >= 0.6 is 0 Å². The highest BCUT2D eigenvalue weighted by Crippen LogP contribution is 2.28. The molecule has 0 aliphatic rings. The fourth-order valence-electron chi connectivity index (χ4n) is 2.11. The second kappa shape index (κ2) is 7.23. The summed E-state index contributed by atoms with van der Waals surface area (Å²) in [4.78, 5) is 11.4. The predicted octanol–water partition coefficient (Wildman–Crippen LogP) is 2.81. The molecule has 0 heterocycles. The molecule has 118 valence electrons. The van der Waals surface area contributed by atoms with Gasteiger partial charge in [-0.25, -0.2) is 4.79 Å². The zero-order valence-corrected chi connectivity index (χ0v) is 13.0. The van der Waals surface area contributed by atoms with Gasteiger partial charge in [-0.05, 0) is 24.3 Å². The van der Waals surface area contributed by atoms with Crippen LogP contribution in [0.2, 0.25) is 0 Å². The van der Waals surface area contributed by atoms with Crippen molar-refractivity contribution in [2.45, 2.75) is 0 Å². The molecule has 2 aromatic rings. The molecule has 0 saturated carbocycles. The molecule has 0 unspecified atom stereocenters. The monoisotopic (exact) mass is 312 g/mol. The van der Waals surface area contributed by atoms with Gasteiger partial charge in [-0.15, -0.1) is 0 Å². The molecule has 0 aliphatic carbocycles. The topological polar surface area (TPSA) is 65.0 Å². The lowest BCUT2D eigenvalue weighted by atomic mass is 10.1. The minimum atomic E-state index is -1.07. The molecular weight excluding hydrogens is 296 g/mol. The summed E-state index contributed by atoms with van der Waals surface area (Å²) in [7, 11) is 4.54. The van der Waals surface area contributed by atoms with Crippen LogP contribution in [0.5, 0.6) is 17.2 Å². The number of carboxylic acids is 1. The lowest BCUT2D eigenvalue weighted by Gasteiger charge is -2.08. The van der Waals surface area contributed by atoms with E-state index < -0.39 is 5.97 Å². The molecule has 0 radical (unpaired) electrons. The second-order valence-corrected chi connectivity index (χ2v) is 4.48. The molecule has 2 rings (SSSR count). The van der Waals surface area contributed by atoms with Crippen molar-refractivity contribution >= 4 is 5.97 Å². The highest BCUT2D eigenvalue weighted by atomic mass is 16.5. The largest absolute Gasteiger partial charge is 0.495 e. The highest BCUT2D eigenvalue weighted by molar-refractivity contribution is 5.92. The van der Waals surface area contributed by atoms with Gasteiger partial charge >= 0.3 is 5.97 Å². The number of hydrogen-bond donors (Lipinski definition) is 1. The van der Waals surface area contributed by atoms with Gasteiger partial charge in [0.15, 0.2) is 0 Å². The van der Waals surface area contributed by atoms with E-state index >= 15 is 0 Å². The Kier molecular flexibility index (Phi) is 5.11. The fourth-order valence-corrected chi connectivity index (χ4v) is 2.11. The van der Waals surface area contributed by atoms with E-state index in [1.807, 2.05) is 0 Å². The Morgan fingerprint density at radius 1 is 0.826 bits per heavy atom. The fraction of sp³-hybridized carbons (Fsp3) is 0.167. The molecule has 5 heteroatoms. The standard InChI is InChI=1S/C18H16O5/c1-21-15-7-4-6-13(18(19)20)12(15)10-11-14-16(22-2)8-5-9-17(14)23-3/h4-9H,1-3H3,(H,19,20). The average molecular weight is 312 g/mol. The minimum absolute atomic E-state index is 0.0747. The molecular formula is C18H16O5. The van der Waals surface area contributed by atoms with E-state index in [1.54, 1.807) is 30.3 Å². The summed E-state index contributed by atoms with van der Waals surface area (Å²) in [5.41, 5.74) is 0.918.